The predicted molar refractivity (Wildman–Crippen MR) is 19.3 cm³/mol. The molecule has 14 heteroatoms. The Balaban J connectivity index is -0.0000000270. The average Bonchev–Trinajstić information content (AvgIpc) is 1.54. The van der Waals surface area contributed by atoms with Gasteiger partial charge in [-0.05, 0) is 0 Å². The van der Waals surface area contributed by atoms with Crippen LogP contribution in [0.4, 0.5) is 0 Å². The van der Waals surface area contributed by atoms with Gasteiger partial charge in [0.25, 0.3) is 0 Å². The van der Waals surface area contributed by atoms with Gasteiger partial charge in [0.05, 0.1) is 0 Å². The van der Waals surface area contributed by atoms with Crippen molar-refractivity contribution in [3.8, 4) is 0 Å². The van der Waals surface area contributed by atoms with Gasteiger partial charge in [0, 0.05) is 0 Å². The molecule has 2 radical (unpaired) electrons. The fourth-order valence-corrected chi connectivity index (χ4v) is 0. The van der Waals surface area contributed by atoms with Gasteiger partial charge in [0.2, 0.25) is 0 Å². The molecule has 74 valence electrons. The third kappa shape index (κ3) is 206. The molecule has 0 heterocycles. The van der Waals surface area contributed by atoms with E-state index >= 15 is 0 Å². The van der Waals surface area contributed by atoms with Crippen LogP contribution < -0.4 is 20.7 Å². The zero-order valence-electron chi connectivity index (χ0n) is 6.17. The van der Waals surface area contributed by atoms with Gasteiger partial charge >= 0.3 is 175 Å². The van der Waals surface area contributed by atoms with Gasteiger partial charge in [0.1, 0.15) is 0 Å². The van der Waals surface area contributed by atoms with Crippen LogP contribution in [0.2, 0.25) is 0 Å². The monoisotopic (exact) mass is 783 g/mol. The topological polar surface area (TPSA) is 190 Å². The molecule has 0 aliphatic heterocycles. The Morgan fingerprint density at radius 2 is 0.500 bits per heavy atom. The second-order valence-electron chi connectivity index (χ2n) is 0.750. The summed E-state index contributed by atoms with van der Waals surface area (Å²) in [4.78, 5) is 0. The van der Waals surface area contributed by atoms with Crippen molar-refractivity contribution >= 4 is 61.7 Å². The van der Waals surface area contributed by atoms with Crippen molar-refractivity contribution in [3.63, 3.8) is 0 Å². The Morgan fingerprint density at radius 1 is 0.500 bits per heavy atom. The van der Waals surface area contributed by atoms with Crippen LogP contribution in [0.25, 0.3) is 0 Å². The Kier molecular flexibility index (Phi) is 57.5. The first-order valence-corrected chi connectivity index (χ1v) is 12.3. The fraction of sp³-hybridized carbons (Fsp3) is 0. The van der Waals surface area contributed by atoms with Gasteiger partial charge in [-0.15, -0.1) is 0 Å². The molecule has 0 saturated heterocycles. The first kappa shape index (κ1) is 31.0. The number of rotatable bonds is 0. The summed E-state index contributed by atoms with van der Waals surface area (Å²) in [5.41, 5.74) is 0. The van der Waals surface area contributed by atoms with Crippen LogP contribution in [0.3, 0.4) is 0 Å². The zero-order valence-corrected chi connectivity index (χ0v) is 21.0. The van der Waals surface area contributed by atoms with E-state index in [1.54, 1.807) is 0 Å². The molecule has 0 unspecified atom stereocenters. The molecule has 0 fully saturated rings. The molecule has 0 N–H and O–H groups in total. The molecule has 0 aromatic rings. The van der Waals surface area contributed by atoms with E-state index in [4.69, 9.17) is 29.9 Å². The van der Waals surface area contributed by atoms with Crippen molar-refractivity contribution in [2.24, 2.45) is 0 Å². The summed E-state index contributed by atoms with van der Waals surface area (Å²) >= 11 is -12.9. The molecular formula is Ce2O9Sn3. The molecule has 0 aliphatic carbocycles. The average molecular weight is 780 g/mol. The van der Waals surface area contributed by atoms with E-state index in [9.17, 15) is 0 Å². The van der Waals surface area contributed by atoms with Crippen molar-refractivity contribution in [2.75, 3.05) is 0 Å². The number of hydrogen-bond acceptors (Lipinski definition) is 9. The second-order valence-corrected chi connectivity index (χ2v) is 5.03. The molecule has 14 heavy (non-hydrogen) atoms. The summed E-state index contributed by atoms with van der Waals surface area (Å²) in [6, 6.07) is 0. The van der Waals surface area contributed by atoms with Crippen molar-refractivity contribution < 1.29 is 113 Å². The Morgan fingerprint density at radius 3 is 0.500 bits per heavy atom. The molecule has 0 bridgehead atoms. The standard InChI is InChI=1S/2Ce.9O.3Sn/q2*+3;;;;6*-1;;;. The van der Waals surface area contributed by atoms with Gasteiger partial charge in [0.15, 0.2) is 0 Å². The maximum absolute atomic E-state index is 8.61. The van der Waals surface area contributed by atoms with Crippen molar-refractivity contribution in [1.82, 2.24) is 0 Å². The van der Waals surface area contributed by atoms with Crippen molar-refractivity contribution in [2.45, 2.75) is 0 Å². The van der Waals surface area contributed by atoms with Crippen LogP contribution in [0.5, 0.6) is 0 Å². The third-order valence-electron chi connectivity index (χ3n) is 0. The van der Waals surface area contributed by atoms with Gasteiger partial charge < -0.3 is 0 Å². The van der Waals surface area contributed by atoms with Crippen LogP contribution in [0.1, 0.15) is 0 Å². The van der Waals surface area contributed by atoms with E-state index in [0.717, 1.165) is 0 Å². The molecule has 0 atom stereocenters. The second kappa shape index (κ2) is 26.0. The van der Waals surface area contributed by atoms with E-state index in [-0.39, 0.29) is 83.5 Å². The quantitative estimate of drug-likeness (QED) is 0.215. The number of hydrogen-bond donors (Lipinski definition) is 0. The normalized spacial score (nSPS) is 5.57. The van der Waals surface area contributed by atoms with Gasteiger partial charge in [-0.25, -0.2) is 0 Å². The van der Waals surface area contributed by atoms with Crippen LogP contribution in [0.15, 0.2) is 0 Å². The molecule has 0 aromatic heterocycles. The first-order chi connectivity index (χ1) is 5.20. The van der Waals surface area contributed by atoms with Gasteiger partial charge in [-0.3, -0.25) is 0 Å². The van der Waals surface area contributed by atoms with Crippen LogP contribution in [-0.4, -0.2) is 61.7 Å². The molecule has 0 aliphatic rings. The van der Waals surface area contributed by atoms with Crippen molar-refractivity contribution in [3.05, 3.63) is 0 Å². The summed E-state index contributed by atoms with van der Waals surface area (Å²) in [5, 5.41) is 0. The molecular weight excluding hydrogens is 780 g/mol. The van der Waals surface area contributed by atoms with E-state index in [2.05, 4.69) is 0 Å². The minimum atomic E-state index is -4.29. The van der Waals surface area contributed by atoms with E-state index in [1.165, 1.54) is 0 Å². The van der Waals surface area contributed by atoms with Crippen molar-refractivity contribution in [1.29, 1.82) is 0 Å². The predicted octanol–water partition coefficient (Wildman–Crippen LogP) is -8.63. The minimum absolute atomic E-state index is 0. The summed E-state index contributed by atoms with van der Waals surface area (Å²) in [6.07, 6.45) is 0. The SMILES string of the molecule is [Ce+3].[Ce+3].[O]=[Sn]([O-])[O-].[O]=[Sn]([O-])[O-].[O]=[Sn]([O-])[O-]. The fourth-order valence-electron chi connectivity index (χ4n) is 0. The zero-order chi connectivity index (χ0) is 10.7. The molecule has 0 rings (SSSR count). The van der Waals surface area contributed by atoms with E-state index in [0.29, 0.717) is 0 Å². The summed E-state index contributed by atoms with van der Waals surface area (Å²) in [7, 11) is 0. The molecule has 0 spiro atoms. The van der Waals surface area contributed by atoms with Gasteiger partial charge in [-0.1, -0.05) is 0 Å². The molecule has 9 nitrogen and oxygen atoms in total. The van der Waals surface area contributed by atoms with Gasteiger partial charge in [-0.2, -0.15) is 0 Å². The van der Waals surface area contributed by atoms with E-state index in [1.807, 2.05) is 0 Å². The Hall–Kier alpha value is 4.31. The summed E-state index contributed by atoms with van der Waals surface area (Å²) in [6.45, 7) is 0. The third-order valence-corrected chi connectivity index (χ3v) is 0. The Bertz CT molecular complexity index is 116. The van der Waals surface area contributed by atoms with Crippen LogP contribution >= 0.6 is 0 Å². The maximum atomic E-state index is 8.61. The first-order valence-electron chi connectivity index (χ1n) is 1.84. The summed E-state index contributed by atoms with van der Waals surface area (Å²) < 4.78 is 77.5. The molecule has 0 amide bonds. The molecule has 0 saturated carbocycles. The Labute approximate surface area is 170 Å². The van der Waals surface area contributed by atoms with Crippen LogP contribution in [-0.2, 0) is 9.23 Å². The summed E-state index contributed by atoms with van der Waals surface area (Å²) in [5.74, 6) is 0. The van der Waals surface area contributed by atoms with Crippen LogP contribution in [0, 0.1) is 83.5 Å². The van der Waals surface area contributed by atoms with E-state index < -0.39 is 61.7 Å². The molecule has 0 aromatic carbocycles.